The molecule has 0 aliphatic carbocycles. The molecule has 0 saturated heterocycles. The molecule has 1 unspecified atom stereocenters. The summed E-state index contributed by atoms with van der Waals surface area (Å²) in [5.74, 6) is -0.359. The maximum Gasteiger partial charge on any atom is 0.353 e. The Hall–Kier alpha value is -1.32. The van der Waals surface area contributed by atoms with E-state index in [0.29, 0.717) is 19.4 Å². The summed E-state index contributed by atoms with van der Waals surface area (Å²) in [6, 6.07) is 0. The predicted molar refractivity (Wildman–Crippen MR) is 66.8 cm³/mol. The zero-order valence-electron chi connectivity index (χ0n) is 11.1. The highest BCUT2D eigenvalue weighted by atomic mass is 16.7. The van der Waals surface area contributed by atoms with E-state index in [9.17, 15) is 4.79 Å². The van der Waals surface area contributed by atoms with Crippen LogP contribution in [0.3, 0.4) is 0 Å². The minimum atomic E-state index is -0.968. The van der Waals surface area contributed by atoms with Gasteiger partial charge in [-0.05, 0) is 13.3 Å². The molecule has 0 radical (unpaired) electrons. The third kappa shape index (κ3) is 3.32. The van der Waals surface area contributed by atoms with E-state index in [1.54, 1.807) is 13.0 Å². The number of oxime groups is 1. The van der Waals surface area contributed by atoms with Gasteiger partial charge in [0.2, 0.25) is 5.60 Å². The van der Waals surface area contributed by atoms with Crippen LogP contribution < -0.4 is 0 Å². The number of rotatable bonds is 4. The Balaban J connectivity index is 2.56. The number of hydrogen-bond donors (Lipinski definition) is 0. The molecule has 0 aromatic rings. The number of esters is 1. The van der Waals surface area contributed by atoms with Gasteiger partial charge < -0.3 is 9.57 Å². The Morgan fingerprint density at radius 1 is 1.65 bits per heavy atom. The van der Waals surface area contributed by atoms with Crippen molar-refractivity contribution < 1.29 is 14.4 Å². The standard InChI is InChI=1S/C13H21NO3/c1-6-7-8-16-11(15)13(5)9-10(14-17-13)12(2,3)4/h6H,1,7-9H2,2-5H3. The molecule has 0 amide bonds. The fourth-order valence-corrected chi connectivity index (χ4v) is 1.44. The van der Waals surface area contributed by atoms with E-state index in [2.05, 4.69) is 11.7 Å². The van der Waals surface area contributed by atoms with Gasteiger partial charge >= 0.3 is 5.97 Å². The van der Waals surface area contributed by atoms with Gasteiger partial charge in [-0.25, -0.2) is 4.79 Å². The predicted octanol–water partition coefficient (Wildman–Crippen LogP) is 2.69. The normalized spacial score (nSPS) is 23.9. The van der Waals surface area contributed by atoms with Crippen molar-refractivity contribution in [2.24, 2.45) is 10.6 Å². The van der Waals surface area contributed by atoms with Crippen LogP contribution in [-0.4, -0.2) is 23.9 Å². The van der Waals surface area contributed by atoms with Crippen molar-refractivity contribution in [2.75, 3.05) is 6.61 Å². The zero-order valence-corrected chi connectivity index (χ0v) is 11.1. The Labute approximate surface area is 103 Å². The molecule has 0 saturated carbocycles. The molecule has 0 spiro atoms. The van der Waals surface area contributed by atoms with Gasteiger partial charge in [-0.15, -0.1) is 6.58 Å². The molecule has 4 nitrogen and oxygen atoms in total. The first-order chi connectivity index (χ1) is 7.79. The third-order valence-electron chi connectivity index (χ3n) is 2.71. The van der Waals surface area contributed by atoms with Gasteiger partial charge in [0.15, 0.2) is 0 Å². The lowest BCUT2D eigenvalue weighted by Crippen LogP contribution is -2.38. The summed E-state index contributed by atoms with van der Waals surface area (Å²) >= 11 is 0. The molecule has 0 N–H and O–H groups in total. The van der Waals surface area contributed by atoms with Crippen LogP contribution in [0.2, 0.25) is 0 Å². The second-order valence-electron chi connectivity index (χ2n) is 5.50. The topological polar surface area (TPSA) is 47.9 Å². The van der Waals surface area contributed by atoms with E-state index in [1.165, 1.54) is 0 Å². The van der Waals surface area contributed by atoms with Crippen LogP contribution in [0.5, 0.6) is 0 Å². The maximum atomic E-state index is 11.9. The van der Waals surface area contributed by atoms with Gasteiger partial charge in [0, 0.05) is 11.8 Å². The van der Waals surface area contributed by atoms with Gasteiger partial charge in [-0.1, -0.05) is 32.0 Å². The highest BCUT2D eigenvalue weighted by Crippen LogP contribution is 2.32. The number of carbonyl (C=O) groups is 1. The monoisotopic (exact) mass is 239 g/mol. The van der Waals surface area contributed by atoms with Crippen LogP contribution in [0.15, 0.2) is 17.8 Å². The van der Waals surface area contributed by atoms with E-state index in [-0.39, 0.29) is 11.4 Å². The van der Waals surface area contributed by atoms with Gasteiger partial charge in [0.1, 0.15) is 0 Å². The van der Waals surface area contributed by atoms with Crippen LogP contribution in [0.1, 0.15) is 40.5 Å². The van der Waals surface area contributed by atoms with Crippen molar-refractivity contribution >= 4 is 11.7 Å². The summed E-state index contributed by atoms with van der Waals surface area (Å²) in [6.07, 6.45) is 2.85. The average molecular weight is 239 g/mol. The highest BCUT2D eigenvalue weighted by Gasteiger charge is 2.45. The summed E-state index contributed by atoms with van der Waals surface area (Å²) < 4.78 is 5.12. The van der Waals surface area contributed by atoms with Crippen molar-refractivity contribution in [1.29, 1.82) is 0 Å². The average Bonchev–Trinajstić information content (AvgIpc) is 2.62. The molecule has 1 aliphatic heterocycles. The molecule has 0 bridgehead atoms. The quantitative estimate of drug-likeness (QED) is 0.430. The van der Waals surface area contributed by atoms with E-state index in [1.807, 2.05) is 20.8 Å². The van der Waals surface area contributed by atoms with Gasteiger partial charge in [0.05, 0.1) is 12.3 Å². The molecule has 4 heteroatoms. The van der Waals surface area contributed by atoms with E-state index in [4.69, 9.17) is 9.57 Å². The van der Waals surface area contributed by atoms with Gasteiger partial charge in [-0.3, -0.25) is 0 Å². The van der Waals surface area contributed by atoms with Crippen LogP contribution >= 0.6 is 0 Å². The van der Waals surface area contributed by atoms with Crippen LogP contribution in [-0.2, 0) is 14.4 Å². The minimum Gasteiger partial charge on any atom is -0.462 e. The summed E-state index contributed by atoms with van der Waals surface area (Å²) in [7, 11) is 0. The molecule has 1 heterocycles. The number of nitrogens with zero attached hydrogens (tertiary/aromatic N) is 1. The molecule has 96 valence electrons. The summed E-state index contributed by atoms with van der Waals surface area (Å²) in [5.41, 5.74) is -0.163. The molecule has 0 fully saturated rings. The minimum absolute atomic E-state index is 0.0842. The summed E-state index contributed by atoms with van der Waals surface area (Å²) in [5, 5.41) is 4.01. The van der Waals surface area contributed by atoms with Crippen molar-refractivity contribution in [2.45, 2.75) is 46.1 Å². The Bertz CT molecular complexity index is 341. The fraction of sp³-hybridized carbons (Fsp3) is 0.692. The van der Waals surface area contributed by atoms with Crippen LogP contribution in [0.4, 0.5) is 0 Å². The first kappa shape index (κ1) is 13.7. The summed E-state index contributed by atoms with van der Waals surface area (Å²) in [4.78, 5) is 17.1. The van der Waals surface area contributed by atoms with Crippen molar-refractivity contribution in [3.63, 3.8) is 0 Å². The fourth-order valence-electron chi connectivity index (χ4n) is 1.44. The SMILES string of the molecule is C=CCCOC(=O)C1(C)CC(C(C)(C)C)=NO1. The smallest absolute Gasteiger partial charge is 0.353 e. The van der Waals surface area contributed by atoms with Crippen molar-refractivity contribution in [3.05, 3.63) is 12.7 Å². The Morgan fingerprint density at radius 3 is 2.76 bits per heavy atom. The lowest BCUT2D eigenvalue weighted by Gasteiger charge is -2.21. The molecular weight excluding hydrogens is 218 g/mol. The molecule has 1 aliphatic rings. The molecule has 1 rings (SSSR count). The molecular formula is C13H21NO3. The van der Waals surface area contributed by atoms with E-state index >= 15 is 0 Å². The molecule has 17 heavy (non-hydrogen) atoms. The van der Waals surface area contributed by atoms with Crippen LogP contribution in [0.25, 0.3) is 0 Å². The first-order valence-electron chi connectivity index (χ1n) is 5.83. The molecule has 0 aromatic heterocycles. The highest BCUT2D eigenvalue weighted by molar-refractivity contribution is 5.96. The number of carbonyl (C=O) groups excluding carboxylic acids is 1. The first-order valence-corrected chi connectivity index (χ1v) is 5.83. The third-order valence-corrected chi connectivity index (χ3v) is 2.71. The van der Waals surface area contributed by atoms with Gasteiger partial charge in [-0.2, -0.15) is 0 Å². The zero-order chi connectivity index (χ0) is 13.1. The van der Waals surface area contributed by atoms with Crippen molar-refractivity contribution in [3.8, 4) is 0 Å². The second-order valence-corrected chi connectivity index (χ2v) is 5.50. The maximum absolute atomic E-state index is 11.9. The molecule has 0 aromatic carbocycles. The lowest BCUT2D eigenvalue weighted by molar-refractivity contribution is -0.167. The van der Waals surface area contributed by atoms with E-state index < -0.39 is 5.60 Å². The van der Waals surface area contributed by atoms with Crippen molar-refractivity contribution in [1.82, 2.24) is 0 Å². The summed E-state index contributed by atoms with van der Waals surface area (Å²) in [6.45, 7) is 11.8. The Kier molecular flexibility index (Phi) is 3.96. The largest absolute Gasteiger partial charge is 0.462 e. The molecule has 1 atom stereocenters. The number of hydrogen-bond acceptors (Lipinski definition) is 4. The van der Waals surface area contributed by atoms with Crippen LogP contribution in [0, 0.1) is 5.41 Å². The van der Waals surface area contributed by atoms with E-state index in [0.717, 1.165) is 5.71 Å². The lowest BCUT2D eigenvalue weighted by atomic mass is 9.84. The van der Waals surface area contributed by atoms with Gasteiger partial charge in [0.25, 0.3) is 0 Å². The second kappa shape index (κ2) is 4.90. The Morgan fingerprint density at radius 2 is 2.29 bits per heavy atom. The number of ether oxygens (including phenoxy) is 1.